The molecule has 222 valence electrons. The summed E-state index contributed by atoms with van der Waals surface area (Å²) in [4.78, 5) is 22.2. The molecule has 0 fully saturated rings. The van der Waals surface area contributed by atoms with Crippen molar-refractivity contribution in [1.29, 1.82) is 0 Å². The smallest absolute Gasteiger partial charge is 0.337 e. The number of aromatic nitrogens is 2. The van der Waals surface area contributed by atoms with Crippen molar-refractivity contribution in [3.63, 3.8) is 0 Å². The van der Waals surface area contributed by atoms with Gasteiger partial charge < -0.3 is 9.84 Å². The van der Waals surface area contributed by atoms with Crippen LogP contribution in [-0.4, -0.2) is 47.5 Å². The maximum atomic E-state index is 13.0. The van der Waals surface area contributed by atoms with Gasteiger partial charge in [-0.25, -0.2) is 17.9 Å². The zero-order valence-electron chi connectivity index (χ0n) is 23.0. The summed E-state index contributed by atoms with van der Waals surface area (Å²) in [6, 6.07) is 25.3. The van der Waals surface area contributed by atoms with Crippen LogP contribution in [0.15, 0.2) is 113 Å². The zero-order valence-corrected chi connectivity index (χ0v) is 23.8. The van der Waals surface area contributed by atoms with E-state index in [0.29, 0.717) is 17.0 Å². The second-order valence-electron chi connectivity index (χ2n) is 9.20. The Balaban J connectivity index is 1.44. The molecule has 5 aromatic rings. The van der Waals surface area contributed by atoms with Gasteiger partial charge in [0.25, 0.3) is 15.7 Å². The summed E-state index contributed by atoms with van der Waals surface area (Å²) in [5, 5.41) is 30.1. The average Bonchev–Trinajstić information content (AvgIpc) is 3.45. The quantitative estimate of drug-likeness (QED) is 0.100. The summed E-state index contributed by atoms with van der Waals surface area (Å²) in [7, 11) is -2.81. The second kappa shape index (κ2) is 12.5. The summed E-state index contributed by atoms with van der Waals surface area (Å²) in [5.74, 6) is -0.664. The van der Waals surface area contributed by atoms with Crippen molar-refractivity contribution < 1.29 is 28.0 Å². The van der Waals surface area contributed by atoms with Crippen LogP contribution in [0.5, 0.6) is 5.75 Å². The van der Waals surface area contributed by atoms with Crippen LogP contribution in [-0.2, 0) is 10.0 Å². The molecule has 0 saturated carbocycles. The number of methoxy groups -OCH3 is 1. The van der Waals surface area contributed by atoms with E-state index in [4.69, 9.17) is 9.84 Å². The van der Waals surface area contributed by atoms with E-state index < -0.39 is 31.5 Å². The molecule has 13 nitrogen and oxygen atoms in total. The molecule has 44 heavy (non-hydrogen) atoms. The van der Waals surface area contributed by atoms with Crippen molar-refractivity contribution in [2.75, 3.05) is 17.3 Å². The molecule has 4 aromatic carbocycles. The molecule has 1 aromatic heterocycles. The number of para-hydroxylation sites is 2. The minimum Gasteiger partial charge on any atom is -0.497 e. The summed E-state index contributed by atoms with van der Waals surface area (Å²) in [6.07, 6.45) is 3.20. The molecule has 3 N–H and O–H groups in total. The third-order valence-electron chi connectivity index (χ3n) is 6.39. The van der Waals surface area contributed by atoms with Crippen LogP contribution in [0.1, 0.15) is 15.9 Å². The van der Waals surface area contributed by atoms with Gasteiger partial charge in [-0.15, -0.1) is 0 Å². The Morgan fingerprint density at radius 1 is 1.00 bits per heavy atom. The molecule has 14 heteroatoms. The van der Waals surface area contributed by atoms with E-state index in [2.05, 4.69) is 15.2 Å². The van der Waals surface area contributed by atoms with Gasteiger partial charge in [-0.05, 0) is 60.7 Å². The lowest BCUT2D eigenvalue weighted by Gasteiger charge is -2.11. The normalized spacial score (nSPS) is 11.3. The van der Waals surface area contributed by atoms with E-state index in [-0.39, 0.29) is 16.9 Å². The number of hydrazone groups is 1. The van der Waals surface area contributed by atoms with Crippen molar-refractivity contribution in [3.8, 4) is 22.7 Å². The van der Waals surface area contributed by atoms with Gasteiger partial charge in [-0.3, -0.25) is 20.3 Å². The summed E-state index contributed by atoms with van der Waals surface area (Å²) in [5.41, 5.74) is 4.29. The van der Waals surface area contributed by atoms with Crippen LogP contribution in [0.3, 0.4) is 0 Å². The molecule has 0 aliphatic carbocycles. The average molecular weight is 613 g/mol. The summed E-state index contributed by atoms with van der Waals surface area (Å²) in [6.45, 7) is 0. The maximum Gasteiger partial charge on any atom is 0.337 e. The number of aromatic carboxylic acids is 1. The topological polar surface area (TPSA) is 178 Å². The van der Waals surface area contributed by atoms with E-state index in [1.54, 1.807) is 30.1 Å². The van der Waals surface area contributed by atoms with Gasteiger partial charge >= 0.3 is 5.97 Å². The second-order valence-corrected chi connectivity index (χ2v) is 10.9. The number of carbonyl (C=O) groups is 1. The highest BCUT2D eigenvalue weighted by atomic mass is 32.2. The van der Waals surface area contributed by atoms with Crippen molar-refractivity contribution in [3.05, 3.63) is 124 Å². The number of ether oxygens (including phenoxy) is 1. The van der Waals surface area contributed by atoms with Crippen molar-refractivity contribution >= 4 is 39.3 Å². The van der Waals surface area contributed by atoms with Gasteiger partial charge in [0.1, 0.15) is 17.1 Å². The number of anilines is 2. The Bertz CT molecular complexity index is 1980. The van der Waals surface area contributed by atoms with Gasteiger partial charge in [0.15, 0.2) is 0 Å². The Morgan fingerprint density at radius 2 is 1.70 bits per heavy atom. The van der Waals surface area contributed by atoms with Crippen LogP contribution in [0.4, 0.5) is 17.1 Å². The van der Waals surface area contributed by atoms with E-state index in [1.807, 2.05) is 42.5 Å². The number of nitrogens with zero attached hydrogens (tertiary/aromatic N) is 4. The monoisotopic (exact) mass is 612 g/mol. The fourth-order valence-electron chi connectivity index (χ4n) is 4.23. The first-order valence-electron chi connectivity index (χ1n) is 12.9. The SMILES string of the molecule is COc1ccc(-c2nn(-c3ccccc3)cc2C=NNc2ccc(S(=O)(=O)Nc3ccccc3C(=O)O)cc2[N+](=O)[O-])cc1. The molecule has 0 unspecified atom stereocenters. The molecule has 5 rings (SSSR count). The number of sulfonamides is 1. The lowest BCUT2D eigenvalue weighted by molar-refractivity contribution is -0.384. The zero-order chi connectivity index (χ0) is 31.3. The maximum absolute atomic E-state index is 13.0. The molecule has 0 saturated heterocycles. The number of hydrogen-bond donors (Lipinski definition) is 3. The molecular weight excluding hydrogens is 588 g/mol. The Kier molecular flexibility index (Phi) is 8.35. The fraction of sp³-hybridized carbons (Fsp3) is 0.0333. The van der Waals surface area contributed by atoms with Gasteiger partial charge in [-0.1, -0.05) is 30.3 Å². The number of nitro benzene ring substituents is 1. The fourth-order valence-corrected chi connectivity index (χ4v) is 5.33. The van der Waals surface area contributed by atoms with Crippen LogP contribution in [0.25, 0.3) is 16.9 Å². The predicted octanol–water partition coefficient (Wildman–Crippen LogP) is 5.40. The largest absolute Gasteiger partial charge is 0.497 e. The molecule has 0 radical (unpaired) electrons. The summed E-state index contributed by atoms with van der Waals surface area (Å²) >= 11 is 0. The lowest BCUT2D eigenvalue weighted by atomic mass is 10.1. The van der Waals surface area contributed by atoms with E-state index in [0.717, 1.165) is 23.4 Å². The van der Waals surface area contributed by atoms with E-state index in [9.17, 15) is 28.4 Å². The summed E-state index contributed by atoms with van der Waals surface area (Å²) < 4.78 is 35.1. The minimum atomic E-state index is -4.37. The first-order chi connectivity index (χ1) is 21.2. The predicted molar refractivity (Wildman–Crippen MR) is 164 cm³/mol. The minimum absolute atomic E-state index is 0.0717. The van der Waals surface area contributed by atoms with Gasteiger partial charge in [-0.2, -0.15) is 10.2 Å². The number of benzene rings is 4. The first kappa shape index (κ1) is 29.5. The van der Waals surface area contributed by atoms with Gasteiger partial charge in [0, 0.05) is 23.4 Å². The highest BCUT2D eigenvalue weighted by molar-refractivity contribution is 7.92. The van der Waals surface area contributed by atoms with Crippen LogP contribution >= 0.6 is 0 Å². The standard InChI is InChI=1S/C30H24N6O7S/c1-43-23-13-11-20(12-14-23)29-21(19-35(33-29)22-7-3-2-4-8-22)18-31-32-27-16-15-24(17-28(27)36(39)40)44(41,42)34-26-10-6-5-9-25(26)30(37)38/h2-19,32,34H,1H3,(H,37,38). The van der Waals surface area contributed by atoms with Crippen molar-refractivity contribution in [2.24, 2.45) is 5.10 Å². The highest BCUT2D eigenvalue weighted by Gasteiger charge is 2.23. The number of rotatable bonds is 11. The number of hydrogen-bond acceptors (Lipinski definition) is 9. The lowest BCUT2D eigenvalue weighted by Crippen LogP contribution is -2.16. The Morgan fingerprint density at radius 3 is 2.39 bits per heavy atom. The van der Waals surface area contributed by atoms with Crippen LogP contribution in [0, 0.1) is 10.1 Å². The van der Waals surface area contributed by atoms with Gasteiger partial charge in [0.2, 0.25) is 0 Å². The number of nitro groups is 1. The van der Waals surface area contributed by atoms with Crippen LogP contribution < -0.4 is 14.9 Å². The molecule has 1 heterocycles. The molecule has 0 spiro atoms. The van der Waals surface area contributed by atoms with Gasteiger partial charge in [0.05, 0.1) is 40.1 Å². The Labute approximate surface area is 251 Å². The molecule has 0 bridgehead atoms. The number of carboxylic acid groups (broad SMARTS) is 1. The molecule has 0 atom stereocenters. The van der Waals surface area contributed by atoms with Crippen LogP contribution in [0.2, 0.25) is 0 Å². The highest BCUT2D eigenvalue weighted by Crippen LogP contribution is 2.30. The first-order valence-corrected chi connectivity index (χ1v) is 14.4. The number of nitrogens with one attached hydrogen (secondary N) is 2. The van der Waals surface area contributed by atoms with E-state index >= 15 is 0 Å². The van der Waals surface area contributed by atoms with Crippen molar-refractivity contribution in [2.45, 2.75) is 4.90 Å². The number of carboxylic acids is 1. The van der Waals surface area contributed by atoms with Crippen molar-refractivity contribution in [1.82, 2.24) is 9.78 Å². The Hall–Kier alpha value is -6.02. The molecule has 0 amide bonds. The van der Waals surface area contributed by atoms with E-state index in [1.165, 1.54) is 36.5 Å². The molecule has 0 aliphatic rings. The third kappa shape index (κ3) is 6.39. The molecular formula is C30H24N6O7S. The third-order valence-corrected chi connectivity index (χ3v) is 7.76. The molecule has 0 aliphatic heterocycles.